The third-order valence-electron chi connectivity index (χ3n) is 5.30. The number of pyridine rings is 1. The van der Waals surface area contributed by atoms with Crippen LogP contribution in [-0.4, -0.2) is 56.1 Å². The van der Waals surface area contributed by atoms with Crippen LogP contribution >= 0.6 is 0 Å². The molecule has 0 spiro atoms. The zero-order chi connectivity index (χ0) is 18.8. The summed E-state index contributed by atoms with van der Waals surface area (Å²) >= 11 is 0. The van der Waals surface area contributed by atoms with E-state index < -0.39 is 5.97 Å². The van der Waals surface area contributed by atoms with Gasteiger partial charge in [0.25, 0.3) is 0 Å². The van der Waals surface area contributed by atoms with Crippen molar-refractivity contribution in [2.75, 3.05) is 18.4 Å². The molecule has 27 heavy (non-hydrogen) atoms. The van der Waals surface area contributed by atoms with Crippen LogP contribution in [0.25, 0.3) is 11.4 Å². The van der Waals surface area contributed by atoms with Crippen molar-refractivity contribution in [2.24, 2.45) is 5.92 Å². The summed E-state index contributed by atoms with van der Waals surface area (Å²) in [7, 11) is 0. The minimum Gasteiger partial charge on any atom is -0.480 e. The number of carboxylic acid groups (broad SMARTS) is 1. The van der Waals surface area contributed by atoms with Crippen molar-refractivity contribution in [3.8, 4) is 11.4 Å². The maximum atomic E-state index is 11.2. The lowest BCUT2D eigenvalue weighted by atomic mass is 9.85. The van der Waals surface area contributed by atoms with Gasteiger partial charge < -0.3 is 10.4 Å². The topological polar surface area (TPSA) is 91.2 Å². The second-order valence-electron chi connectivity index (χ2n) is 7.69. The Morgan fingerprint density at radius 1 is 1.26 bits per heavy atom. The van der Waals surface area contributed by atoms with Gasteiger partial charge in [-0.1, -0.05) is 0 Å². The molecule has 2 fully saturated rings. The normalized spacial score (nSPS) is 21.7. The summed E-state index contributed by atoms with van der Waals surface area (Å²) in [5.41, 5.74) is 1.86. The largest absolute Gasteiger partial charge is 0.480 e. The van der Waals surface area contributed by atoms with Crippen molar-refractivity contribution in [2.45, 2.75) is 44.7 Å². The van der Waals surface area contributed by atoms with Crippen LogP contribution in [0, 0.1) is 12.8 Å². The van der Waals surface area contributed by atoms with E-state index in [4.69, 9.17) is 0 Å². The van der Waals surface area contributed by atoms with E-state index in [2.05, 4.69) is 25.2 Å². The highest BCUT2D eigenvalue weighted by Gasteiger charge is 2.37. The highest BCUT2D eigenvalue weighted by Crippen LogP contribution is 2.34. The standard InChI is InChI=1S/C20H25N5O2/c1-13-8-18(24-20(22-13)15-4-6-21-7-5-15)23-16-9-17(10-16)25(12-19(26)27)11-14-2-3-14/h4-8,14,16-17H,2-3,9-12H2,1H3,(H,26,27)(H,22,23,24). The van der Waals surface area contributed by atoms with E-state index >= 15 is 0 Å². The number of hydrogen-bond donors (Lipinski definition) is 2. The monoisotopic (exact) mass is 367 g/mol. The number of rotatable bonds is 8. The quantitative estimate of drug-likeness (QED) is 0.741. The SMILES string of the molecule is Cc1cc(NC2CC(N(CC(=O)O)CC3CC3)C2)nc(-c2ccncc2)n1. The lowest BCUT2D eigenvalue weighted by Crippen LogP contribution is -2.52. The molecule has 0 unspecified atom stereocenters. The van der Waals surface area contributed by atoms with Gasteiger partial charge in [-0.05, 0) is 50.7 Å². The number of anilines is 1. The molecule has 2 aliphatic carbocycles. The third-order valence-corrected chi connectivity index (χ3v) is 5.30. The molecule has 2 aromatic heterocycles. The van der Waals surface area contributed by atoms with Gasteiger partial charge in [0.05, 0.1) is 6.54 Å². The molecule has 0 amide bonds. The minimum absolute atomic E-state index is 0.146. The van der Waals surface area contributed by atoms with Crippen molar-refractivity contribution in [3.63, 3.8) is 0 Å². The fraction of sp³-hybridized carbons (Fsp3) is 0.500. The minimum atomic E-state index is -0.736. The molecule has 4 rings (SSSR count). The van der Waals surface area contributed by atoms with Crippen LogP contribution in [-0.2, 0) is 4.79 Å². The first-order valence-electron chi connectivity index (χ1n) is 9.55. The molecule has 142 valence electrons. The Morgan fingerprint density at radius 2 is 2.00 bits per heavy atom. The fourth-order valence-electron chi connectivity index (χ4n) is 3.63. The molecular weight excluding hydrogens is 342 g/mol. The lowest BCUT2D eigenvalue weighted by Gasteiger charge is -2.43. The first-order valence-corrected chi connectivity index (χ1v) is 9.55. The summed E-state index contributed by atoms with van der Waals surface area (Å²) in [6.07, 6.45) is 7.86. The van der Waals surface area contributed by atoms with E-state index in [1.165, 1.54) is 12.8 Å². The van der Waals surface area contributed by atoms with E-state index in [-0.39, 0.29) is 6.54 Å². The van der Waals surface area contributed by atoms with Crippen molar-refractivity contribution in [3.05, 3.63) is 36.3 Å². The molecular formula is C20H25N5O2. The molecule has 7 heteroatoms. The Hall–Kier alpha value is -2.54. The van der Waals surface area contributed by atoms with E-state index in [1.54, 1.807) is 12.4 Å². The summed E-state index contributed by atoms with van der Waals surface area (Å²) in [5, 5.41) is 12.7. The van der Waals surface area contributed by atoms with E-state index in [0.29, 0.717) is 23.8 Å². The smallest absolute Gasteiger partial charge is 0.317 e. The number of carboxylic acids is 1. The van der Waals surface area contributed by atoms with Crippen molar-refractivity contribution < 1.29 is 9.90 Å². The molecule has 0 radical (unpaired) electrons. The Morgan fingerprint density at radius 3 is 2.67 bits per heavy atom. The number of aliphatic carboxylic acids is 1. The van der Waals surface area contributed by atoms with Crippen LogP contribution in [0.3, 0.4) is 0 Å². The number of carbonyl (C=O) groups is 1. The molecule has 0 saturated heterocycles. The van der Waals surface area contributed by atoms with Crippen LogP contribution in [0.2, 0.25) is 0 Å². The molecule has 0 bridgehead atoms. The molecule has 2 saturated carbocycles. The summed E-state index contributed by atoms with van der Waals surface area (Å²) in [6.45, 7) is 3.03. The molecule has 2 heterocycles. The highest BCUT2D eigenvalue weighted by molar-refractivity contribution is 5.69. The number of aryl methyl sites for hydroxylation is 1. The van der Waals surface area contributed by atoms with Gasteiger partial charge in [0, 0.05) is 48.3 Å². The first-order chi connectivity index (χ1) is 13.1. The number of aromatic nitrogens is 3. The van der Waals surface area contributed by atoms with Gasteiger partial charge in [0.2, 0.25) is 0 Å². The highest BCUT2D eigenvalue weighted by atomic mass is 16.4. The summed E-state index contributed by atoms with van der Waals surface area (Å²) < 4.78 is 0. The van der Waals surface area contributed by atoms with Crippen LogP contribution < -0.4 is 5.32 Å². The average molecular weight is 367 g/mol. The van der Waals surface area contributed by atoms with Gasteiger partial charge >= 0.3 is 5.97 Å². The zero-order valence-corrected chi connectivity index (χ0v) is 15.5. The van der Waals surface area contributed by atoms with Gasteiger partial charge in [-0.2, -0.15) is 0 Å². The Kier molecular flexibility index (Phi) is 5.03. The molecule has 0 atom stereocenters. The Labute approximate surface area is 158 Å². The molecule has 0 aromatic carbocycles. The van der Waals surface area contributed by atoms with Gasteiger partial charge in [0.1, 0.15) is 5.82 Å². The number of nitrogens with zero attached hydrogens (tertiary/aromatic N) is 4. The average Bonchev–Trinajstić information content (AvgIpc) is 3.41. The molecule has 0 aliphatic heterocycles. The number of nitrogens with one attached hydrogen (secondary N) is 1. The van der Waals surface area contributed by atoms with Gasteiger partial charge in [-0.25, -0.2) is 9.97 Å². The van der Waals surface area contributed by atoms with Gasteiger partial charge in [-0.3, -0.25) is 14.7 Å². The van der Waals surface area contributed by atoms with Crippen LogP contribution in [0.15, 0.2) is 30.6 Å². The molecule has 2 aromatic rings. The third kappa shape index (κ3) is 4.60. The summed E-state index contributed by atoms with van der Waals surface area (Å²) in [6, 6.07) is 6.43. The molecule has 2 aliphatic rings. The Balaban J connectivity index is 1.38. The lowest BCUT2D eigenvalue weighted by molar-refractivity contribution is -0.139. The first kappa shape index (κ1) is 17.9. The van der Waals surface area contributed by atoms with Crippen LogP contribution in [0.4, 0.5) is 5.82 Å². The van der Waals surface area contributed by atoms with Gasteiger partial charge in [0.15, 0.2) is 5.82 Å². The van der Waals surface area contributed by atoms with Crippen LogP contribution in [0.5, 0.6) is 0 Å². The van der Waals surface area contributed by atoms with Crippen molar-refractivity contribution >= 4 is 11.8 Å². The predicted octanol–water partition coefficient (Wildman–Crippen LogP) is 2.59. The maximum Gasteiger partial charge on any atom is 0.317 e. The summed E-state index contributed by atoms with van der Waals surface area (Å²) in [4.78, 5) is 26.5. The molecule has 2 N–H and O–H groups in total. The van der Waals surface area contributed by atoms with E-state index in [9.17, 15) is 9.90 Å². The Bertz CT molecular complexity index is 803. The van der Waals surface area contributed by atoms with E-state index in [1.807, 2.05) is 25.1 Å². The summed E-state index contributed by atoms with van der Waals surface area (Å²) in [5.74, 6) is 1.48. The second-order valence-corrected chi connectivity index (χ2v) is 7.69. The molecule has 7 nitrogen and oxygen atoms in total. The predicted molar refractivity (Wildman–Crippen MR) is 102 cm³/mol. The van der Waals surface area contributed by atoms with Crippen LogP contribution in [0.1, 0.15) is 31.4 Å². The zero-order valence-electron chi connectivity index (χ0n) is 15.5. The van der Waals surface area contributed by atoms with Gasteiger partial charge in [-0.15, -0.1) is 0 Å². The van der Waals surface area contributed by atoms with E-state index in [0.717, 1.165) is 36.5 Å². The maximum absolute atomic E-state index is 11.2. The fourth-order valence-corrected chi connectivity index (χ4v) is 3.63. The second kappa shape index (κ2) is 7.60. The van der Waals surface area contributed by atoms with Crippen molar-refractivity contribution in [1.29, 1.82) is 0 Å². The number of hydrogen-bond acceptors (Lipinski definition) is 6. The van der Waals surface area contributed by atoms with Crippen molar-refractivity contribution in [1.82, 2.24) is 19.9 Å².